The molecule has 112 valence electrons. The zero-order valence-electron chi connectivity index (χ0n) is 12.5. The second-order valence-corrected chi connectivity index (χ2v) is 5.03. The number of hydrogen-bond donors (Lipinski definition) is 2. The number of hydrogen-bond acceptors (Lipinski definition) is 3. The number of benzene rings is 2. The van der Waals surface area contributed by atoms with E-state index in [1.807, 2.05) is 18.2 Å². The number of fused-ring (bicyclic) bond motifs is 1. The number of nitrogens with one attached hydrogen (secondary N) is 1. The predicted molar refractivity (Wildman–Crippen MR) is 87.6 cm³/mol. The van der Waals surface area contributed by atoms with E-state index in [2.05, 4.69) is 37.0 Å². The molecule has 0 saturated heterocycles. The highest BCUT2D eigenvalue weighted by atomic mass is 16.5. The Morgan fingerprint density at radius 1 is 1.29 bits per heavy atom. The molecule has 0 amide bonds. The van der Waals surface area contributed by atoms with Crippen LogP contribution >= 0.6 is 0 Å². The Balaban J connectivity index is 2.33. The zero-order valence-corrected chi connectivity index (χ0v) is 12.5. The molecule has 2 N–H and O–H groups in total. The van der Waals surface area contributed by atoms with Gasteiger partial charge < -0.3 is 15.2 Å². The van der Waals surface area contributed by atoms with E-state index in [0.717, 1.165) is 17.7 Å². The average Bonchev–Trinajstić information content (AvgIpc) is 2.54. The maximum Gasteiger partial charge on any atom is 0.124 e. The van der Waals surface area contributed by atoms with Gasteiger partial charge in [0.1, 0.15) is 12.4 Å². The maximum atomic E-state index is 9.32. The van der Waals surface area contributed by atoms with Gasteiger partial charge in [0, 0.05) is 18.2 Å². The van der Waals surface area contributed by atoms with Crippen molar-refractivity contribution in [2.75, 3.05) is 13.2 Å². The first-order valence-corrected chi connectivity index (χ1v) is 7.38. The quantitative estimate of drug-likeness (QED) is 0.731. The summed E-state index contributed by atoms with van der Waals surface area (Å²) >= 11 is 0. The second-order valence-electron chi connectivity index (χ2n) is 5.03. The van der Waals surface area contributed by atoms with E-state index in [1.54, 1.807) is 6.08 Å². The summed E-state index contributed by atoms with van der Waals surface area (Å²) < 4.78 is 5.77. The van der Waals surface area contributed by atoms with Crippen LogP contribution in [0.1, 0.15) is 18.9 Å². The Labute approximate surface area is 126 Å². The van der Waals surface area contributed by atoms with Crippen LogP contribution in [-0.4, -0.2) is 24.4 Å². The second kappa shape index (κ2) is 7.81. The Bertz CT molecular complexity index is 591. The maximum absolute atomic E-state index is 9.32. The fourth-order valence-electron chi connectivity index (χ4n) is 2.37. The minimum absolute atomic E-state index is 0.108. The first-order valence-electron chi connectivity index (χ1n) is 7.38. The van der Waals surface area contributed by atoms with Gasteiger partial charge in [-0.1, -0.05) is 49.9 Å². The molecule has 0 unspecified atom stereocenters. The highest BCUT2D eigenvalue weighted by Gasteiger charge is 2.11. The summed E-state index contributed by atoms with van der Waals surface area (Å²) in [5, 5.41) is 15.1. The lowest BCUT2D eigenvalue weighted by atomic mass is 10.0. The molecule has 0 saturated carbocycles. The van der Waals surface area contributed by atoms with Gasteiger partial charge >= 0.3 is 0 Å². The summed E-state index contributed by atoms with van der Waals surface area (Å²) in [5.74, 6) is 0.869. The topological polar surface area (TPSA) is 41.5 Å². The third-order valence-electron chi connectivity index (χ3n) is 3.63. The Morgan fingerprint density at radius 2 is 2.10 bits per heavy atom. The molecule has 21 heavy (non-hydrogen) atoms. The normalized spacial score (nSPS) is 12.3. The molecule has 0 radical (unpaired) electrons. The molecule has 2 aromatic carbocycles. The third kappa shape index (κ3) is 3.84. The van der Waals surface area contributed by atoms with Crippen LogP contribution in [-0.2, 0) is 6.54 Å². The lowest BCUT2D eigenvalue weighted by molar-refractivity contribution is 0.238. The zero-order chi connectivity index (χ0) is 15.1. The van der Waals surface area contributed by atoms with Crippen molar-refractivity contribution in [2.45, 2.75) is 25.9 Å². The summed E-state index contributed by atoms with van der Waals surface area (Å²) in [6.07, 6.45) is 2.64. The molecule has 0 aliphatic carbocycles. The van der Waals surface area contributed by atoms with E-state index in [9.17, 15) is 5.11 Å². The number of aliphatic hydroxyl groups is 1. The van der Waals surface area contributed by atoms with Gasteiger partial charge in [-0.05, 0) is 23.3 Å². The third-order valence-corrected chi connectivity index (χ3v) is 3.63. The van der Waals surface area contributed by atoms with Gasteiger partial charge in [-0.3, -0.25) is 0 Å². The van der Waals surface area contributed by atoms with Crippen LogP contribution in [0, 0.1) is 0 Å². The van der Waals surface area contributed by atoms with Crippen molar-refractivity contribution in [3.63, 3.8) is 0 Å². The van der Waals surface area contributed by atoms with Crippen molar-refractivity contribution >= 4 is 10.8 Å². The highest BCUT2D eigenvalue weighted by molar-refractivity contribution is 5.87. The number of aliphatic hydroxyl groups excluding tert-OH is 1. The molecule has 1 atom stereocenters. The first kappa shape index (κ1) is 15.5. The van der Waals surface area contributed by atoms with Crippen LogP contribution < -0.4 is 10.1 Å². The van der Waals surface area contributed by atoms with Gasteiger partial charge in [0.05, 0.1) is 6.61 Å². The summed E-state index contributed by atoms with van der Waals surface area (Å²) in [6, 6.07) is 12.4. The van der Waals surface area contributed by atoms with Gasteiger partial charge in [0.25, 0.3) is 0 Å². The first-order chi connectivity index (χ1) is 10.3. The van der Waals surface area contributed by atoms with Crippen LogP contribution in [0.15, 0.2) is 49.1 Å². The molecule has 0 aromatic heterocycles. The predicted octanol–water partition coefficient (Wildman–Crippen LogP) is 3.27. The van der Waals surface area contributed by atoms with Crippen molar-refractivity contribution in [2.24, 2.45) is 0 Å². The molecule has 3 nitrogen and oxygen atoms in total. The van der Waals surface area contributed by atoms with Gasteiger partial charge in [0.15, 0.2) is 0 Å². The summed E-state index contributed by atoms with van der Waals surface area (Å²) in [4.78, 5) is 0. The standard InChI is InChI=1S/C18H23NO2/c1-3-11-21-18-10-9-14-7-5-6-8-16(14)17(18)12-19-15(4-2)13-20/h3,5-10,15,19-20H,1,4,11-13H2,2H3/t15-/m1/s1. The molecule has 0 spiro atoms. The fourth-order valence-corrected chi connectivity index (χ4v) is 2.37. The van der Waals surface area contributed by atoms with Crippen molar-refractivity contribution in [3.05, 3.63) is 54.6 Å². The van der Waals surface area contributed by atoms with Crippen LogP contribution in [0.5, 0.6) is 5.75 Å². The lowest BCUT2D eigenvalue weighted by Gasteiger charge is -2.18. The van der Waals surface area contributed by atoms with E-state index in [-0.39, 0.29) is 12.6 Å². The molecule has 0 aliphatic heterocycles. The molecular formula is C18H23NO2. The van der Waals surface area contributed by atoms with Crippen LogP contribution in [0.4, 0.5) is 0 Å². The minimum Gasteiger partial charge on any atom is -0.489 e. The van der Waals surface area contributed by atoms with Crippen LogP contribution in [0.25, 0.3) is 10.8 Å². The molecule has 2 rings (SSSR count). The van der Waals surface area contributed by atoms with Crippen molar-refractivity contribution in [1.82, 2.24) is 5.32 Å². The summed E-state index contributed by atoms with van der Waals surface area (Å²) in [7, 11) is 0. The smallest absolute Gasteiger partial charge is 0.124 e. The van der Waals surface area contributed by atoms with E-state index in [0.29, 0.717) is 13.2 Å². The largest absolute Gasteiger partial charge is 0.489 e. The average molecular weight is 285 g/mol. The van der Waals surface area contributed by atoms with E-state index in [1.165, 1.54) is 10.8 Å². The molecular weight excluding hydrogens is 262 g/mol. The molecule has 0 heterocycles. The molecule has 0 bridgehead atoms. The fraction of sp³-hybridized carbons (Fsp3) is 0.333. The van der Waals surface area contributed by atoms with Crippen LogP contribution in [0.3, 0.4) is 0 Å². The molecule has 2 aromatic rings. The molecule has 0 aliphatic rings. The van der Waals surface area contributed by atoms with Gasteiger partial charge in [-0.2, -0.15) is 0 Å². The number of ether oxygens (including phenoxy) is 1. The van der Waals surface area contributed by atoms with Crippen molar-refractivity contribution in [3.8, 4) is 5.75 Å². The number of rotatable bonds is 8. The molecule has 0 fully saturated rings. The Kier molecular flexibility index (Phi) is 5.78. The van der Waals surface area contributed by atoms with E-state index in [4.69, 9.17) is 4.74 Å². The van der Waals surface area contributed by atoms with E-state index >= 15 is 0 Å². The highest BCUT2D eigenvalue weighted by Crippen LogP contribution is 2.28. The monoisotopic (exact) mass is 285 g/mol. The SMILES string of the molecule is C=CCOc1ccc2ccccc2c1CN[C@H](CC)CO. The van der Waals surface area contributed by atoms with Gasteiger partial charge in [-0.15, -0.1) is 0 Å². The summed E-state index contributed by atoms with van der Waals surface area (Å²) in [6.45, 7) is 7.06. The van der Waals surface area contributed by atoms with E-state index < -0.39 is 0 Å². The minimum atomic E-state index is 0.108. The van der Waals surface area contributed by atoms with Gasteiger partial charge in [0.2, 0.25) is 0 Å². The van der Waals surface area contributed by atoms with Crippen LogP contribution in [0.2, 0.25) is 0 Å². The lowest BCUT2D eigenvalue weighted by Crippen LogP contribution is -2.31. The van der Waals surface area contributed by atoms with Gasteiger partial charge in [-0.25, -0.2) is 0 Å². The van der Waals surface area contributed by atoms with Crippen molar-refractivity contribution < 1.29 is 9.84 Å². The van der Waals surface area contributed by atoms with Crippen molar-refractivity contribution in [1.29, 1.82) is 0 Å². The Hall–Kier alpha value is -1.84. The summed E-state index contributed by atoms with van der Waals surface area (Å²) in [5.41, 5.74) is 1.13. The Morgan fingerprint density at radius 3 is 2.81 bits per heavy atom. The molecule has 3 heteroatoms.